The minimum Gasteiger partial charge on any atom is -0.292 e. The predicted octanol–water partition coefficient (Wildman–Crippen LogP) is 12.0. The molecule has 0 saturated heterocycles. The summed E-state index contributed by atoms with van der Waals surface area (Å²) < 4.78 is 155. The Balaban J connectivity index is 1.58. The Morgan fingerprint density at radius 3 is 1.70 bits per heavy atom. The first-order chi connectivity index (χ1) is 30.4. The maximum absolute atomic E-state index is 10.2. The van der Waals surface area contributed by atoms with Crippen LogP contribution in [0.25, 0.3) is 83.0 Å². The van der Waals surface area contributed by atoms with Crippen LogP contribution in [-0.2, 0) is 0 Å². The molecule has 0 aliphatic rings. The van der Waals surface area contributed by atoms with Gasteiger partial charge in [-0.15, -0.1) is 0 Å². The van der Waals surface area contributed by atoms with Gasteiger partial charge in [0.25, 0.3) is 0 Å². The topological polar surface area (TPSA) is 17.8 Å². The van der Waals surface area contributed by atoms with Gasteiger partial charge in [-0.25, -0.2) is 4.98 Å². The minimum absolute atomic E-state index is 0.201. The van der Waals surface area contributed by atoms with Gasteiger partial charge in [-0.05, 0) is 85.2 Å². The van der Waals surface area contributed by atoms with Gasteiger partial charge in [0.15, 0.2) is 0 Å². The third-order valence-electron chi connectivity index (χ3n) is 8.01. The lowest BCUT2D eigenvalue weighted by Crippen LogP contribution is -1.98. The number of hydrogen-bond donors (Lipinski definition) is 0. The molecule has 0 aliphatic heterocycles. The third-order valence-corrected chi connectivity index (χ3v) is 8.01. The van der Waals surface area contributed by atoms with Gasteiger partial charge in [-0.2, -0.15) is 0 Å². The van der Waals surface area contributed by atoms with Crippen molar-refractivity contribution >= 4 is 32.6 Å². The second kappa shape index (κ2) is 11.3. The van der Waals surface area contributed by atoms with E-state index in [1.807, 2.05) is 59.2 Å². The van der Waals surface area contributed by atoms with E-state index in [0.29, 0.717) is 16.9 Å². The van der Waals surface area contributed by atoms with Crippen LogP contribution in [0, 0.1) is 0 Å². The van der Waals surface area contributed by atoms with Gasteiger partial charge < -0.3 is 0 Å². The zero-order chi connectivity index (χ0) is 46.0. The quantitative estimate of drug-likeness (QED) is 0.176. The smallest absolute Gasteiger partial charge is 0.146 e. The van der Waals surface area contributed by atoms with Crippen LogP contribution in [0.15, 0.2) is 182 Å². The average molecular weight is 616 g/mol. The molecule has 1 heterocycles. The van der Waals surface area contributed by atoms with E-state index in [-0.39, 0.29) is 11.1 Å². The summed E-state index contributed by atoms with van der Waals surface area (Å²) in [7, 11) is 0. The summed E-state index contributed by atoms with van der Waals surface area (Å²) in [6.45, 7) is 0. The molecular weight excluding hydrogens is 569 g/mol. The highest BCUT2D eigenvalue weighted by atomic mass is 15.1. The van der Waals surface area contributed by atoms with Crippen LogP contribution >= 0.6 is 0 Å². The molecule has 2 nitrogen and oxygen atoms in total. The first kappa shape index (κ1) is 14.9. The van der Waals surface area contributed by atoms with Crippen LogP contribution in [0.2, 0.25) is 0 Å². The SMILES string of the molecule is [2H]c1c([2H])c([2H])c(-c2c3c([2H])c([2H])c([2H])c([2H])c3c(-c3c([2H])c([2H])c([2H])c([2H])c3[2H])c3c([2H])c(-c4ccccc4-c4nc5ccccc5n4-c4ccccc4)c([2H])c([2H])c23)c([2H])c1[2H]. The second-order valence-electron chi connectivity index (χ2n) is 10.6. The summed E-state index contributed by atoms with van der Waals surface area (Å²) in [5, 5.41) is -1.93. The lowest BCUT2D eigenvalue weighted by molar-refractivity contribution is 1.10. The van der Waals surface area contributed by atoms with E-state index in [4.69, 9.17) is 21.4 Å². The molecule has 220 valence electrons. The van der Waals surface area contributed by atoms with E-state index in [1.54, 1.807) is 24.3 Å². The summed E-state index contributed by atoms with van der Waals surface area (Å²) in [6, 6.07) is 10.2. The summed E-state index contributed by atoms with van der Waals surface area (Å²) in [4.78, 5) is 4.99. The van der Waals surface area contributed by atoms with E-state index in [1.165, 1.54) is 0 Å². The molecule has 0 N–H and O–H groups in total. The zero-order valence-corrected chi connectivity index (χ0v) is 24.4. The maximum atomic E-state index is 10.2. The van der Waals surface area contributed by atoms with Gasteiger partial charge in [-0.3, -0.25) is 4.57 Å². The highest BCUT2D eigenvalue weighted by molar-refractivity contribution is 6.22. The highest BCUT2D eigenvalue weighted by Gasteiger charge is 2.20. The number of aromatic nitrogens is 2. The van der Waals surface area contributed by atoms with Crippen molar-refractivity contribution < 1.29 is 23.3 Å². The van der Waals surface area contributed by atoms with Crippen molar-refractivity contribution in [1.82, 2.24) is 9.55 Å². The molecule has 1 aromatic heterocycles. The van der Waals surface area contributed by atoms with Gasteiger partial charge in [0.05, 0.1) is 34.3 Å². The molecule has 0 radical (unpaired) electrons. The number of hydrogen-bond acceptors (Lipinski definition) is 1. The lowest BCUT2D eigenvalue weighted by Gasteiger charge is -2.19. The van der Waals surface area contributed by atoms with Crippen LogP contribution in [0.1, 0.15) is 23.3 Å². The molecule has 9 rings (SSSR count). The fourth-order valence-corrected chi connectivity index (χ4v) is 6.04. The summed E-state index contributed by atoms with van der Waals surface area (Å²) in [5.41, 5.74) is 0.286. The van der Waals surface area contributed by atoms with E-state index in [9.17, 15) is 6.85 Å². The maximum Gasteiger partial charge on any atom is 0.146 e. The average Bonchev–Trinajstić information content (AvgIpc) is 3.69. The van der Waals surface area contributed by atoms with E-state index >= 15 is 0 Å². The standard InChI is InChI=1S/C45H30N2/c1-4-16-31(17-5-1)43-36-23-11-12-24-37(36)44(32-18-6-2-7-19-32)40-30-33(28-29-38(40)43)35-22-10-13-25-39(35)45-46-41-26-14-15-27-42(41)47(45)34-20-8-3-9-21-34/h1-30H/i1D,2D,4D,5D,6D,7D,11D,12D,16D,17D,18D,19D,23D,24D,28D,29D,30D. The van der Waals surface area contributed by atoms with Crippen molar-refractivity contribution in [3.05, 3.63) is 182 Å². The molecule has 0 unspecified atom stereocenters. The fourth-order valence-electron chi connectivity index (χ4n) is 6.04. The molecular formula is C45H30N2. The van der Waals surface area contributed by atoms with Crippen molar-refractivity contribution in [2.24, 2.45) is 0 Å². The van der Waals surface area contributed by atoms with Crippen molar-refractivity contribution in [3.63, 3.8) is 0 Å². The van der Waals surface area contributed by atoms with Gasteiger partial charge in [0.1, 0.15) is 5.82 Å². The van der Waals surface area contributed by atoms with Gasteiger partial charge in [0, 0.05) is 11.3 Å². The monoisotopic (exact) mass is 615 g/mol. The van der Waals surface area contributed by atoms with Crippen molar-refractivity contribution in [2.45, 2.75) is 0 Å². The summed E-state index contributed by atoms with van der Waals surface area (Å²) >= 11 is 0. The minimum atomic E-state index is -0.826. The van der Waals surface area contributed by atoms with Crippen LogP contribution in [-0.4, -0.2) is 9.55 Å². The Kier molecular flexibility index (Phi) is 3.57. The molecule has 0 bridgehead atoms. The molecule has 8 aromatic carbocycles. The molecule has 0 fully saturated rings. The van der Waals surface area contributed by atoms with Crippen LogP contribution < -0.4 is 0 Å². The van der Waals surface area contributed by atoms with Crippen LogP contribution in [0.3, 0.4) is 0 Å². The van der Waals surface area contributed by atoms with Crippen molar-refractivity contribution in [1.29, 1.82) is 0 Å². The highest BCUT2D eigenvalue weighted by Crippen LogP contribution is 2.45. The largest absolute Gasteiger partial charge is 0.292 e. The first-order valence-electron chi connectivity index (χ1n) is 23.2. The Labute approximate surface area is 297 Å². The molecule has 0 amide bonds. The molecule has 47 heavy (non-hydrogen) atoms. The number of nitrogens with zero attached hydrogens (tertiary/aromatic N) is 2. The molecule has 0 aliphatic carbocycles. The van der Waals surface area contributed by atoms with E-state index < -0.39 is 147 Å². The Bertz CT molecular complexity index is 3470. The number of rotatable bonds is 5. The predicted molar refractivity (Wildman–Crippen MR) is 198 cm³/mol. The lowest BCUT2D eigenvalue weighted by atomic mass is 9.84. The fraction of sp³-hybridized carbons (Fsp3) is 0. The zero-order valence-electron chi connectivity index (χ0n) is 41.4. The molecule has 9 aromatic rings. The Morgan fingerprint density at radius 2 is 1.00 bits per heavy atom. The number of benzene rings is 8. The first-order valence-corrected chi connectivity index (χ1v) is 14.7. The van der Waals surface area contributed by atoms with Gasteiger partial charge >= 0.3 is 0 Å². The Hall–Kier alpha value is -6.25. The normalized spacial score (nSPS) is 16.5. The third kappa shape index (κ3) is 4.54. The van der Waals surface area contributed by atoms with Crippen LogP contribution in [0.4, 0.5) is 0 Å². The summed E-state index contributed by atoms with van der Waals surface area (Å²) in [6.07, 6.45) is 0. The molecule has 0 saturated carbocycles. The number of imidazole rings is 1. The number of fused-ring (bicyclic) bond motifs is 3. The van der Waals surface area contributed by atoms with Crippen molar-refractivity contribution in [3.8, 4) is 50.5 Å². The second-order valence-corrected chi connectivity index (χ2v) is 10.6. The van der Waals surface area contributed by atoms with Gasteiger partial charge in [0.2, 0.25) is 0 Å². The van der Waals surface area contributed by atoms with E-state index in [2.05, 4.69) is 0 Å². The molecule has 0 atom stereocenters. The Morgan fingerprint density at radius 1 is 0.447 bits per heavy atom. The molecule has 2 heteroatoms. The number of para-hydroxylation sites is 3. The van der Waals surface area contributed by atoms with Gasteiger partial charge in [-0.1, -0.05) is 151 Å². The van der Waals surface area contributed by atoms with E-state index in [0.717, 1.165) is 11.2 Å². The van der Waals surface area contributed by atoms with Crippen LogP contribution in [0.5, 0.6) is 0 Å². The summed E-state index contributed by atoms with van der Waals surface area (Å²) in [5.74, 6) is 0.381. The van der Waals surface area contributed by atoms with Crippen molar-refractivity contribution in [2.75, 3.05) is 0 Å². The molecule has 0 spiro atoms.